The second-order valence-electron chi connectivity index (χ2n) is 5.77. The van der Waals surface area contributed by atoms with Gasteiger partial charge in [-0.25, -0.2) is 4.39 Å². The number of Topliss-reactive ketones (excluding diaryl/α,β-unsaturated/α-hetero) is 1. The van der Waals surface area contributed by atoms with Crippen molar-refractivity contribution in [3.05, 3.63) is 65.5 Å². The molecule has 0 aromatic heterocycles. The van der Waals surface area contributed by atoms with E-state index >= 15 is 0 Å². The molecule has 0 aliphatic carbocycles. The predicted molar refractivity (Wildman–Crippen MR) is 86.4 cm³/mol. The lowest BCUT2D eigenvalue weighted by molar-refractivity contribution is -0.119. The SMILES string of the molecule is Cc1ccc(N2N=C(C(F)(F)F)C(C(=O)c3ccc(F)cc3)C2=O)cc1. The summed E-state index contributed by atoms with van der Waals surface area (Å²) in [6.07, 6.45) is -4.96. The number of amides is 1. The predicted octanol–water partition coefficient (Wildman–Crippen LogP) is 3.90. The molecule has 3 rings (SSSR count). The molecule has 1 atom stereocenters. The Labute approximate surface area is 145 Å². The number of alkyl halides is 3. The van der Waals surface area contributed by atoms with Gasteiger partial charge < -0.3 is 0 Å². The van der Waals surface area contributed by atoms with Gasteiger partial charge in [0.2, 0.25) is 0 Å². The molecule has 26 heavy (non-hydrogen) atoms. The van der Waals surface area contributed by atoms with Crippen molar-refractivity contribution in [2.75, 3.05) is 5.01 Å². The molecule has 1 aliphatic heterocycles. The Balaban J connectivity index is 2.02. The molecule has 0 saturated carbocycles. The minimum absolute atomic E-state index is 0.122. The number of anilines is 1. The van der Waals surface area contributed by atoms with Crippen LogP contribution in [0, 0.1) is 18.7 Å². The molecule has 2 aromatic carbocycles. The summed E-state index contributed by atoms with van der Waals surface area (Å²) in [5.41, 5.74) is -0.721. The Bertz CT molecular complexity index is 887. The van der Waals surface area contributed by atoms with Gasteiger partial charge in [0.15, 0.2) is 17.4 Å². The molecule has 0 radical (unpaired) electrons. The van der Waals surface area contributed by atoms with Gasteiger partial charge in [0.25, 0.3) is 5.91 Å². The third kappa shape index (κ3) is 3.22. The molecule has 1 unspecified atom stereocenters. The Morgan fingerprint density at radius 3 is 2.15 bits per heavy atom. The fourth-order valence-electron chi connectivity index (χ4n) is 2.56. The van der Waals surface area contributed by atoms with Crippen LogP contribution < -0.4 is 5.01 Å². The van der Waals surface area contributed by atoms with Gasteiger partial charge in [0, 0.05) is 5.56 Å². The van der Waals surface area contributed by atoms with Gasteiger partial charge in [-0.05, 0) is 43.3 Å². The first-order valence-corrected chi connectivity index (χ1v) is 7.54. The summed E-state index contributed by atoms with van der Waals surface area (Å²) >= 11 is 0. The first-order valence-electron chi connectivity index (χ1n) is 7.54. The van der Waals surface area contributed by atoms with Crippen LogP contribution >= 0.6 is 0 Å². The Kier molecular flexibility index (Phi) is 4.35. The van der Waals surface area contributed by atoms with E-state index < -0.39 is 35.3 Å². The normalized spacial score (nSPS) is 17.4. The summed E-state index contributed by atoms with van der Waals surface area (Å²) < 4.78 is 53.1. The smallest absolute Gasteiger partial charge is 0.293 e. The molecule has 8 heteroatoms. The Morgan fingerprint density at radius 2 is 1.62 bits per heavy atom. The van der Waals surface area contributed by atoms with Crippen molar-refractivity contribution in [1.29, 1.82) is 0 Å². The van der Waals surface area contributed by atoms with Crippen molar-refractivity contribution in [2.24, 2.45) is 11.0 Å². The lowest BCUT2D eigenvalue weighted by Crippen LogP contribution is -2.38. The van der Waals surface area contributed by atoms with Gasteiger partial charge in [-0.2, -0.15) is 23.3 Å². The van der Waals surface area contributed by atoms with Crippen LogP contribution in [0.15, 0.2) is 53.6 Å². The van der Waals surface area contributed by atoms with Crippen LogP contribution in [0.5, 0.6) is 0 Å². The second kappa shape index (κ2) is 6.36. The maximum absolute atomic E-state index is 13.4. The van der Waals surface area contributed by atoms with Crippen molar-refractivity contribution in [1.82, 2.24) is 0 Å². The summed E-state index contributed by atoms with van der Waals surface area (Å²) in [5.74, 6) is -4.96. The van der Waals surface area contributed by atoms with Gasteiger partial charge in [-0.15, -0.1) is 0 Å². The van der Waals surface area contributed by atoms with E-state index in [0.717, 1.165) is 29.8 Å². The second-order valence-corrected chi connectivity index (χ2v) is 5.77. The summed E-state index contributed by atoms with van der Waals surface area (Å²) in [6, 6.07) is 10.1. The number of ketones is 1. The number of rotatable bonds is 3. The van der Waals surface area contributed by atoms with Crippen LogP contribution in [-0.2, 0) is 4.79 Å². The number of carbonyl (C=O) groups is 2. The summed E-state index contributed by atoms with van der Waals surface area (Å²) in [6.45, 7) is 1.78. The molecule has 0 N–H and O–H groups in total. The van der Waals surface area contributed by atoms with Crippen LogP contribution in [0.4, 0.5) is 23.2 Å². The molecule has 1 heterocycles. The van der Waals surface area contributed by atoms with E-state index in [1.165, 1.54) is 12.1 Å². The Morgan fingerprint density at radius 1 is 1.04 bits per heavy atom. The van der Waals surface area contributed by atoms with E-state index in [1.54, 1.807) is 19.1 Å². The summed E-state index contributed by atoms with van der Waals surface area (Å²) in [4.78, 5) is 25.1. The molecule has 1 aliphatic rings. The van der Waals surface area contributed by atoms with E-state index in [0.29, 0.717) is 5.01 Å². The first kappa shape index (κ1) is 17.8. The van der Waals surface area contributed by atoms with Crippen LogP contribution in [0.2, 0.25) is 0 Å². The average molecular weight is 364 g/mol. The van der Waals surface area contributed by atoms with Gasteiger partial charge in [0.05, 0.1) is 5.69 Å². The van der Waals surface area contributed by atoms with Crippen molar-refractivity contribution in [2.45, 2.75) is 13.1 Å². The monoisotopic (exact) mass is 364 g/mol. The van der Waals surface area contributed by atoms with Crippen molar-refractivity contribution in [3.63, 3.8) is 0 Å². The number of carbonyl (C=O) groups excluding carboxylic acids is 2. The summed E-state index contributed by atoms with van der Waals surface area (Å²) in [7, 11) is 0. The van der Waals surface area contributed by atoms with Crippen molar-refractivity contribution >= 4 is 23.1 Å². The molecular weight excluding hydrogens is 352 g/mol. The van der Waals surface area contributed by atoms with Crippen molar-refractivity contribution in [3.8, 4) is 0 Å². The van der Waals surface area contributed by atoms with E-state index in [9.17, 15) is 27.2 Å². The zero-order valence-electron chi connectivity index (χ0n) is 13.4. The van der Waals surface area contributed by atoms with Gasteiger partial charge in [-0.1, -0.05) is 17.7 Å². The maximum Gasteiger partial charge on any atom is 0.432 e. The first-order chi connectivity index (χ1) is 12.2. The topological polar surface area (TPSA) is 49.7 Å². The number of hydrogen-bond acceptors (Lipinski definition) is 3. The number of nitrogens with zero attached hydrogens (tertiary/aromatic N) is 2. The fraction of sp³-hybridized carbons (Fsp3) is 0.167. The van der Waals surface area contributed by atoms with Crippen LogP contribution in [0.1, 0.15) is 15.9 Å². The van der Waals surface area contributed by atoms with E-state index in [1.807, 2.05) is 0 Å². The highest BCUT2D eigenvalue weighted by Crippen LogP contribution is 2.33. The molecule has 2 aromatic rings. The van der Waals surface area contributed by atoms with Crippen LogP contribution in [0.25, 0.3) is 0 Å². The highest BCUT2D eigenvalue weighted by Gasteiger charge is 2.53. The third-order valence-electron chi connectivity index (χ3n) is 3.90. The van der Waals surface area contributed by atoms with Gasteiger partial charge in [-0.3, -0.25) is 9.59 Å². The quantitative estimate of drug-likeness (QED) is 0.471. The van der Waals surface area contributed by atoms with Crippen LogP contribution in [-0.4, -0.2) is 23.6 Å². The average Bonchev–Trinajstić information content (AvgIpc) is 2.93. The highest BCUT2D eigenvalue weighted by molar-refractivity contribution is 6.32. The molecule has 1 amide bonds. The molecule has 0 spiro atoms. The number of hydrazone groups is 1. The Hall–Kier alpha value is -3.03. The molecule has 0 fully saturated rings. The molecular formula is C18H12F4N2O2. The minimum atomic E-state index is -4.96. The highest BCUT2D eigenvalue weighted by atomic mass is 19.4. The number of aryl methyl sites for hydroxylation is 1. The zero-order chi connectivity index (χ0) is 19.1. The van der Waals surface area contributed by atoms with Gasteiger partial charge in [0.1, 0.15) is 5.82 Å². The van der Waals surface area contributed by atoms with E-state index in [2.05, 4.69) is 5.10 Å². The number of hydrogen-bond donors (Lipinski definition) is 0. The minimum Gasteiger partial charge on any atom is -0.293 e. The fourth-order valence-corrected chi connectivity index (χ4v) is 2.56. The molecule has 134 valence electrons. The molecule has 0 bridgehead atoms. The molecule has 4 nitrogen and oxygen atoms in total. The maximum atomic E-state index is 13.4. The lowest BCUT2D eigenvalue weighted by atomic mass is 9.92. The third-order valence-corrected chi connectivity index (χ3v) is 3.90. The largest absolute Gasteiger partial charge is 0.432 e. The van der Waals surface area contributed by atoms with E-state index in [4.69, 9.17) is 0 Å². The van der Waals surface area contributed by atoms with E-state index in [-0.39, 0.29) is 11.3 Å². The molecule has 0 saturated heterocycles. The lowest BCUT2D eigenvalue weighted by Gasteiger charge is -2.14. The number of benzene rings is 2. The van der Waals surface area contributed by atoms with Crippen molar-refractivity contribution < 1.29 is 27.2 Å². The van der Waals surface area contributed by atoms with Crippen LogP contribution in [0.3, 0.4) is 0 Å². The standard InChI is InChI=1S/C18H12F4N2O2/c1-10-2-8-13(9-3-10)24-17(26)14(16(23-24)18(20,21)22)15(25)11-4-6-12(19)7-5-11/h2-9,14H,1H3. The van der Waals surface area contributed by atoms with Gasteiger partial charge >= 0.3 is 6.18 Å². The zero-order valence-corrected chi connectivity index (χ0v) is 13.4. The summed E-state index contributed by atoms with van der Waals surface area (Å²) in [5, 5.41) is 3.94. The number of halogens is 4.